The largest absolute Gasteiger partial charge is 0.494 e. The monoisotopic (exact) mass is 519 g/mol. The third-order valence-corrected chi connectivity index (χ3v) is 6.20. The van der Waals surface area contributed by atoms with Crippen molar-refractivity contribution in [3.63, 3.8) is 0 Å². The van der Waals surface area contributed by atoms with E-state index in [1.807, 2.05) is 31.2 Å². The SMILES string of the molecule is CCNC(=O)c1ccc(-n2nnc(C(=O)NC3CC3)c2CCCOc2ccc(CCC(=O)OC)cc2)cc1. The minimum Gasteiger partial charge on any atom is -0.494 e. The van der Waals surface area contributed by atoms with Crippen LogP contribution in [0.25, 0.3) is 5.69 Å². The Balaban J connectivity index is 1.40. The molecule has 200 valence electrons. The van der Waals surface area contributed by atoms with Crippen molar-refractivity contribution >= 4 is 17.8 Å². The van der Waals surface area contributed by atoms with E-state index in [1.54, 1.807) is 28.9 Å². The molecule has 10 heteroatoms. The van der Waals surface area contributed by atoms with Gasteiger partial charge >= 0.3 is 5.97 Å². The summed E-state index contributed by atoms with van der Waals surface area (Å²) in [6.45, 7) is 2.86. The maximum Gasteiger partial charge on any atom is 0.305 e. The fraction of sp³-hybridized carbons (Fsp3) is 0.393. The summed E-state index contributed by atoms with van der Waals surface area (Å²) in [4.78, 5) is 36.3. The number of nitrogens with zero attached hydrogens (tertiary/aromatic N) is 3. The molecule has 1 aliphatic rings. The summed E-state index contributed by atoms with van der Waals surface area (Å²) in [5, 5.41) is 14.2. The number of hydrogen-bond donors (Lipinski definition) is 2. The highest BCUT2D eigenvalue weighted by molar-refractivity contribution is 5.94. The molecule has 1 fully saturated rings. The van der Waals surface area contributed by atoms with Crippen LogP contribution in [0.2, 0.25) is 0 Å². The summed E-state index contributed by atoms with van der Waals surface area (Å²) in [5.74, 6) is 0.125. The molecule has 0 spiro atoms. The van der Waals surface area contributed by atoms with Crippen LogP contribution in [0, 0.1) is 0 Å². The van der Waals surface area contributed by atoms with E-state index in [0.29, 0.717) is 55.8 Å². The van der Waals surface area contributed by atoms with Gasteiger partial charge in [0.2, 0.25) is 0 Å². The predicted octanol–water partition coefficient (Wildman–Crippen LogP) is 3.03. The standard InChI is InChI=1S/C28H33N5O5/c1-3-29-27(35)20-9-13-22(14-10-20)33-24(26(31-32-33)28(36)30-21-11-12-21)5-4-18-38-23-15-6-19(7-16-23)8-17-25(34)37-2/h6-7,9-10,13-16,21H,3-5,8,11-12,17-18H2,1-2H3,(H,29,35)(H,30,36). The van der Waals surface area contributed by atoms with Gasteiger partial charge in [-0.2, -0.15) is 0 Å². The second kappa shape index (κ2) is 12.8. The Labute approximate surface area is 221 Å². The number of nitrogens with one attached hydrogen (secondary N) is 2. The van der Waals surface area contributed by atoms with Crippen LogP contribution in [0.15, 0.2) is 48.5 Å². The molecular formula is C28H33N5O5. The molecule has 3 aromatic rings. The molecule has 1 saturated carbocycles. The molecule has 2 amide bonds. The minimum atomic E-state index is -0.234. The molecule has 0 saturated heterocycles. The van der Waals surface area contributed by atoms with Crippen LogP contribution in [0.1, 0.15) is 64.7 Å². The van der Waals surface area contributed by atoms with Gasteiger partial charge in [0.05, 0.1) is 25.1 Å². The van der Waals surface area contributed by atoms with Crippen molar-refractivity contribution < 1.29 is 23.9 Å². The summed E-state index contributed by atoms with van der Waals surface area (Å²) < 4.78 is 12.2. The van der Waals surface area contributed by atoms with Crippen LogP contribution in [0.5, 0.6) is 5.75 Å². The number of aryl methyl sites for hydroxylation is 1. The molecule has 2 N–H and O–H groups in total. The van der Waals surface area contributed by atoms with Crippen LogP contribution in [-0.4, -0.2) is 59.1 Å². The zero-order chi connectivity index (χ0) is 26.9. The van der Waals surface area contributed by atoms with E-state index in [1.165, 1.54) is 7.11 Å². The molecule has 4 rings (SSSR count). The van der Waals surface area contributed by atoms with E-state index in [-0.39, 0.29) is 23.8 Å². The summed E-state index contributed by atoms with van der Waals surface area (Å²) in [6, 6.07) is 14.9. The Morgan fingerprint density at radius 2 is 1.74 bits per heavy atom. The molecule has 1 aliphatic carbocycles. The lowest BCUT2D eigenvalue weighted by atomic mass is 10.1. The molecule has 38 heavy (non-hydrogen) atoms. The van der Waals surface area contributed by atoms with Crippen LogP contribution in [-0.2, 0) is 22.4 Å². The van der Waals surface area contributed by atoms with Gasteiger partial charge in [0.1, 0.15) is 5.75 Å². The Morgan fingerprint density at radius 1 is 1.00 bits per heavy atom. The molecule has 2 aromatic carbocycles. The highest BCUT2D eigenvalue weighted by Crippen LogP contribution is 2.21. The van der Waals surface area contributed by atoms with Crippen LogP contribution < -0.4 is 15.4 Å². The Morgan fingerprint density at radius 3 is 2.39 bits per heavy atom. The lowest BCUT2D eigenvalue weighted by Crippen LogP contribution is -2.27. The summed E-state index contributed by atoms with van der Waals surface area (Å²) in [5.41, 5.74) is 3.29. The van der Waals surface area contributed by atoms with E-state index in [0.717, 1.165) is 29.8 Å². The number of esters is 1. The number of amides is 2. The van der Waals surface area contributed by atoms with Gasteiger partial charge in [-0.3, -0.25) is 14.4 Å². The Kier molecular flexibility index (Phi) is 9.07. The Hall–Kier alpha value is -4.21. The third kappa shape index (κ3) is 7.18. The number of carbonyl (C=O) groups excluding carboxylic acids is 3. The summed E-state index contributed by atoms with van der Waals surface area (Å²) in [6.07, 6.45) is 4.06. The number of ether oxygens (including phenoxy) is 2. The predicted molar refractivity (Wildman–Crippen MR) is 140 cm³/mol. The second-order valence-corrected chi connectivity index (χ2v) is 9.12. The molecule has 1 heterocycles. The molecule has 0 bridgehead atoms. The van der Waals surface area contributed by atoms with Crippen molar-refractivity contribution in [2.75, 3.05) is 20.3 Å². The van der Waals surface area contributed by atoms with Gasteiger partial charge in [-0.1, -0.05) is 17.3 Å². The van der Waals surface area contributed by atoms with E-state index < -0.39 is 0 Å². The number of benzene rings is 2. The molecular weight excluding hydrogens is 486 g/mol. The first-order valence-corrected chi connectivity index (χ1v) is 12.9. The first kappa shape index (κ1) is 26.8. The smallest absolute Gasteiger partial charge is 0.305 e. The van der Waals surface area contributed by atoms with Gasteiger partial charge < -0.3 is 20.1 Å². The molecule has 10 nitrogen and oxygen atoms in total. The second-order valence-electron chi connectivity index (χ2n) is 9.12. The average molecular weight is 520 g/mol. The van der Waals surface area contributed by atoms with Crippen molar-refractivity contribution in [1.29, 1.82) is 0 Å². The highest BCUT2D eigenvalue weighted by Gasteiger charge is 2.27. The van der Waals surface area contributed by atoms with Gasteiger partial charge in [0.25, 0.3) is 11.8 Å². The topological polar surface area (TPSA) is 124 Å². The quantitative estimate of drug-likeness (QED) is 0.263. The first-order chi connectivity index (χ1) is 18.5. The number of aromatic nitrogens is 3. The van der Waals surface area contributed by atoms with E-state index in [4.69, 9.17) is 4.74 Å². The van der Waals surface area contributed by atoms with Crippen LogP contribution >= 0.6 is 0 Å². The van der Waals surface area contributed by atoms with Crippen molar-refractivity contribution in [1.82, 2.24) is 25.6 Å². The van der Waals surface area contributed by atoms with Gasteiger partial charge in [-0.05, 0) is 81.0 Å². The number of rotatable bonds is 13. The fourth-order valence-corrected chi connectivity index (χ4v) is 3.94. The van der Waals surface area contributed by atoms with Gasteiger partial charge in [-0.25, -0.2) is 4.68 Å². The average Bonchev–Trinajstić information content (AvgIpc) is 3.65. The van der Waals surface area contributed by atoms with Crippen LogP contribution in [0.3, 0.4) is 0 Å². The maximum absolute atomic E-state index is 12.8. The van der Waals surface area contributed by atoms with Crippen molar-refractivity contribution in [3.8, 4) is 11.4 Å². The van der Waals surface area contributed by atoms with Crippen molar-refractivity contribution in [2.24, 2.45) is 0 Å². The first-order valence-electron chi connectivity index (χ1n) is 12.9. The molecule has 0 aliphatic heterocycles. The van der Waals surface area contributed by atoms with Crippen molar-refractivity contribution in [3.05, 3.63) is 71.0 Å². The fourth-order valence-electron chi connectivity index (χ4n) is 3.94. The summed E-state index contributed by atoms with van der Waals surface area (Å²) >= 11 is 0. The minimum absolute atomic E-state index is 0.143. The van der Waals surface area contributed by atoms with Gasteiger partial charge in [0.15, 0.2) is 5.69 Å². The molecule has 0 atom stereocenters. The zero-order valence-electron chi connectivity index (χ0n) is 21.7. The number of methoxy groups -OCH3 is 1. The van der Waals surface area contributed by atoms with Gasteiger partial charge in [0, 0.05) is 24.6 Å². The molecule has 0 radical (unpaired) electrons. The molecule has 1 aromatic heterocycles. The number of carbonyl (C=O) groups is 3. The maximum atomic E-state index is 12.8. The third-order valence-electron chi connectivity index (χ3n) is 6.20. The zero-order valence-corrected chi connectivity index (χ0v) is 21.7. The lowest BCUT2D eigenvalue weighted by molar-refractivity contribution is -0.140. The van der Waals surface area contributed by atoms with Crippen LogP contribution in [0.4, 0.5) is 0 Å². The molecule has 0 unspecified atom stereocenters. The Bertz CT molecular complexity index is 1250. The van der Waals surface area contributed by atoms with E-state index in [9.17, 15) is 14.4 Å². The normalized spacial score (nSPS) is 12.6. The van der Waals surface area contributed by atoms with E-state index >= 15 is 0 Å². The highest BCUT2D eigenvalue weighted by atomic mass is 16.5. The lowest BCUT2D eigenvalue weighted by Gasteiger charge is -2.11. The summed E-state index contributed by atoms with van der Waals surface area (Å²) in [7, 11) is 1.38. The van der Waals surface area contributed by atoms with Gasteiger partial charge in [-0.15, -0.1) is 5.10 Å². The van der Waals surface area contributed by atoms with E-state index in [2.05, 4.69) is 25.7 Å². The number of hydrogen-bond acceptors (Lipinski definition) is 7. The van der Waals surface area contributed by atoms with Crippen molar-refractivity contribution in [2.45, 2.75) is 51.5 Å².